The summed E-state index contributed by atoms with van der Waals surface area (Å²) in [6.07, 6.45) is 1.81. The minimum atomic E-state index is -0.556. The second-order valence-electron chi connectivity index (χ2n) is 9.24. The summed E-state index contributed by atoms with van der Waals surface area (Å²) in [6.45, 7) is 12.5. The second-order valence-corrected chi connectivity index (χ2v) is 10.1. The van der Waals surface area contributed by atoms with Crippen molar-refractivity contribution in [3.63, 3.8) is 0 Å². The van der Waals surface area contributed by atoms with Crippen LogP contribution in [-0.4, -0.2) is 22.5 Å². The van der Waals surface area contributed by atoms with E-state index in [4.69, 9.17) is 27.9 Å². The molecular weight excluding hydrogens is 503 g/mol. The maximum atomic E-state index is 13.3. The highest BCUT2D eigenvalue weighted by atomic mass is 35.5. The van der Waals surface area contributed by atoms with Crippen molar-refractivity contribution >= 4 is 51.3 Å². The number of benzene rings is 3. The highest BCUT2D eigenvalue weighted by molar-refractivity contribution is 6.31. The first-order valence-electron chi connectivity index (χ1n) is 12.1. The molecule has 190 valence electrons. The molecule has 0 saturated heterocycles. The molecular formula is C31H30Cl2N2O2. The second kappa shape index (κ2) is 10.9. The molecule has 0 amide bonds. The molecule has 3 aromatic carbocycles. The Morgan fingerprint density at radius 2 is 1.68 bits per heavy atom. The molecule has 0 atom stereocenters. The van der Waals surface area contributed by atoms with Crippen LogP contribution in [0.5, 0.6) is 0 Å². The summed E-state index contributed by atoms with van der Waals surface area (Å²) in [5.41, 5.74) is 5.15. The average molecular weight is 533 g/mol. The largest absolute Gasteiger partial charge is 0.461 e. The summed E-state index contributed by atoms with van der Waals surface area (Å²) in [5.74, 6) is -0.434. The molecule has 37 heavy (non-hydrogen) atoms. The predicted molar refractivity (Wildman–Crippen MR) is 155 cm³/mol. The van der Waals surface area contributed by atoms with Crippen LogP contribution < -0.4 is 0 Å². The predicted octanol–water partition coefficient (Wildman–Crippen LogP) is 8.92. The standard InChI is InChI=1S/C31H30Cl2N2O2/c1-6-35(31(4,5)22-13-15-23(32)16-14-22)29(20(3)21-11-9-8-10-12-21)27-25-18-17-24(33)19-26(25)34-28(27)30(36)37-7-2/h6,8-19,34H,1,7H2,2-5H3/b29-20+. The van der Waals surface area contributed by atoms with Gasteiger partial charge in [0.15, 0.2) is 0 Å². The van der Waals surface area contributed by atoms with Crippen molar-refractivity contribution in [1.82, 2.24) is 9.88 Å². The van der Waals surface area contributed by atoms with Gasteiger partial charge >= 0.3 is 5.97 Å². The van der Waals surface area contributed by atoms with E-state index >= 15 is 0 Å². The Morgan fingerprint density at radius 3 is 2.30 bits per heavy atom. The maximum absolute atomic E-state index is 13.3. The van der Waals surface area contributed by atoms with Gasteiger partial charge in [-0.25, -0.2) is 4.79 Å². The normalized spacial score (nSPS) is 12.3. The summed E-state index contributed by atoms with van der Waals surface area (Å²) in [7, 11) is 0. The van der Waals surface area contributed by atoms with Gasteiger partial charge in [-0.05, 0) is 74.9 Å². The molecule has 4 aromatic rings. The molecule has 0 radical (unpaired) electrons. The van der Waals surface area contributed by atoms with Crippen molar-refractivity contribution in [2.45, 2.75) is 33.2 Å². The first-order chi connectivity index (χ1) is 17.7. The van der Waals surface area contributed by atoms with Crippen molar-refractivity contribution in [3.8, 4) is 0 Å². The zero-order valence-corrected chi connectivity index (χ0v) is 23.0. The zero-order valence-electron chi connectivity index (χ0n) is 21.4. The number of H-pyrrole nitrogens is 1. The Labute approximate surface area is 228 Å². The number of hydrogen-bond donors (Lipinski definition) is 1. The SMILES string of the molecule is C=CN(/C(=C(\C)c1ccccc1)c1c(C(=O)OCC)[nH]c2cc(Cl)ccc12)C(C)(C)c1ccc(Cl)cc1. The molecule has 1 heterocycles. The van der Waals surface area contributed by atoms with E-state index in [1.54, 1.807) is 13.1 Å². The van der Waals surface area contributed by atoms with Gasteiger partial charge in [-0.3, -0.25) is 0 Å². The lowest BCUT2D eigenvalue weighted by molar-refractivity contribution is 0.0520. The van der Waals surface area contributed by atoms with E-state index in [1.165, 1.54) is 0 Å². The van der Waals surface area contributed by atoms with Crippen LogP contribution >= 0.6 is 23.2 Å². The van der Waals surface area contributed by atoms with E-state index < -0.39 is 11.5 Å². The van der Waals surface area contributed by atoms with Crippen LogP contribution in [0.25, 0.3) is 22.2 Å². The molecule has 0 bridgehead atoms. The Kier molecular flexibility index (Phi) is 7.82. The van der Waals surface area contributed by atoms with E-state index in [0.717, 1.165) is 38.9 Å². The van der Waals surface area contributed by atoms with Crippen LogP contribution in [0.2, 0.25) is 10.0 Å². The van der Waals surface area contributed by atoms with Crippen LogP contribution in [0.1, 0.15) is 54.9 Å². The molecule has 0 spiro atoms. The van der Waals surface area contributed by atoms with Gasteiger partial charge in [0.1, 0.15) is 5.69 Å². The number of aromatic nitrogens is 1. The number of halogens is 2. The highest BCUT2D eigenvalue weighted by Gasteiger charge is 2.34. The lowest BCUT2D eigenvalue weighted by Crippen LogP contribution is -2.37. The van der Waals surface area contributed by atoms with Crippen LogP contribution in [0, 0.1) is 0 Å². The van der Waals surface area contributed by atoms with Crippen LogP contribution in [0.15, 0.2) is 85.6 Å². The number of nitrogens with one attached hydrogen (secondary N) is 1. The third-order valence-electron chi connectivity index (χ3n) is 6.62. The van der Waals surface area contributed by atoms with Gasteiger partial charge in [-0.15, -0.1) is 0 Å². The van der Waals surface area contributed by atoms with E-state index in [-0.39, 0.29) is 6.61 Å². The Morgan fingerprint density at radius 1 is 1.03 bits per heavy atom. The van der Waals surface area contributed by atoms with Crippen molar-refractivity contribution in [1.29, 1.82) is 0 Å². The van der Waals surface area contributed by atoms with Gasteiger partial charge in [0.25, 0.3) is 0 Å². The van der Waals surface area contributed by atoms with Gasteiger partial charge in [0.05, 0.1) is 17.8 Å². The summed E-state index contributed by atoms with van der Waals surface area (Å²) < 4.78 is 5.48. The van der Waals surface area contributed by atoms with Crippen molar-refractivity contribution in [2.24, 2.45) is 0 Å². The number of esters is 1. The smallest absolute Gasteiger partial charge is 0.355 e. The van der Waals surface area contributed by atoms with Gasteiger partial charge in [-0.1, -0.05) is 78.3 Å². The van der Waals surface area contributed by atoms with Crippen LogP contribution in [0.4, 0.5) is 0 Å². The molecule has 1 aromatic heterocycles. The summed E-state index contributed by atoms with van der Waals surface area (Å²) >= 11 is 12.5. The summed E-state index contributed by atoms with van der Waals surface area (Å²) in [6, 6.07) is 23.5. The van der Waals surface area contributed by atoms with Crippen molar-refractivity contribution in [2.75, 3.05) is 6.61 Å². The Balaban J connectivity index is 2.09. The molecule has 1 N–H and O–H groups in total. The van der Waals surface area contributed by atoms with E-state index in [0.29, 0.717) is 15.7 Å². The Hall–Kier alpha value is -3.47. The van der Waals surface area contributed by atoms with Gasteiger partial charge in [-0.2, -0.15) is 0 Å². The lowest BCUT2D eigenvalue weighted by atomic mass is 9.88. The van der Waals surface area contributed by atoms with Crippen molar-refractivity contribution < 1.29 is 9.53 Å². The van der Waals surface area contributed by atoms with E-state index in [9.17, 15) is 4.79 Å². The third kappa shape index (κ3) is 5.18. The number of nitrogens with zero attached hydrogens (tertiary/aromatic N) is 1. The minimum absolute atomic E-state index is 0.256. The highest BCUT2D eigenvalue weighted by Crippen LogP contribution is 2.43. The summed E-state index contributed by atoms with van der Waals surface area (Å²) in [5, 5.41) is 2.10. The number of hydrogen-bond acceptors (Lipinski definition) is 3. The number of rotatable bonds is 8. The molecule has 4 rings (SSSR count). The fourth-order valence-corrected chi connectivity index (χ4v) is 4.98. The molecule has 0 aliphatic heterocycles. The topological polar surface area (TPSA) is 45.3 Å². The van der Waals surface area contributed by atoms with Crippen molar-refractivity contribution in [3.05, 3.63) is 118 Å². The number of allylic oxidation sites excluding steroid dienone is 1. The van der Waals surface area contributed by atoms with E-state index in [1.807, 2.05) is 60.7 Å². The molecule has 0 saturated carbocycles. The summed E-state index contributed by atoms with van der Waals surface area (Å²) in [4.78, 5) is 18.7. The molecule has 6 heteroatoms. The quantitative estimate of drug-likeness (QED) is 0.230. The molecule has 0 aliphatic rings. The van der Waals surface area contributed by atoms with Gasteiger partial charge in [0.2, 0.25) is 0 Å². The fourth-order valence-electron chi connectivity index (χ4n) is 4.68. The monoisotopic (exact) mass is 532 g/mol. The fraction of sp³-hybridized carbons (Fsp3) is 0.194. The first-order valence-corrected chi connectivity index (χ1v) is 12.9. The maximum Gasteiger partial charge on any atom is 0.355 e. The Bertz CT molecular complexity index is 1470. The van der Waals surface area contributed by atoms with Crippen LogP contribution in [0.3, 0.4) is 0 Å². The number of ether oxygens (including phenoxy) is 1. The number of carbonyl (C=O) groups is 1. The minimum Gasteiger partial charge on any atom is -0.461 e. The number of fused-ring (bicyclic) bond motifs is 1. The number of aromatic amines is 1. The molecule has 4 nitrogen and oxygen atoms in total. The van der Waals surface area contributed by atoms with E-state index in [2.05, 4.69) is 49.4 Å². The third-order valence-corrected chi connectivity index (χ3v) is 7.10. The zero-order chi connectivity index (χ0) is 26.7. The van der Waals surface area contributed by atoms with Gasteiger partial charge < -0.3 is 14.6 Å². The molecule has 0 unspecified atom stereocenters. The molecule has 0 fully saturated rings. The lowest BCUT2D eigenvalue weighted by Gasteiger charge is -2.41. The first kappa shape index (κ1) is 26.6. The van der Waals surface area contributed by atoms with Crippen LogP contribution in [-0.2, 0) is 10.3 Å². The average Bonchev–Trinajstić information content (AvgIpc) is 3.25. The molecule has 0 aliphatic carbocycles. The number of carbonyl (C=O) groups excluding carboxylic acids is 1. The van der Waals surface area contributed by atoms with Gasteiger partial charge in [0, 0.05) is 26.5 Å².